The number of likely N-dealkylation sites (N-methyl/N-ethyl adjacent to an activating group) is 1. The van der Waals surface area contributed by atoms with Crippen molar-refractivity contribution in [3.63, 3.8) is 0 Å². The molecule has 5 aliphatic rings. The molecule has 1 aromatic rings. The monoisotopic (exact) mass is 1010 g/mol. The molecule has 374 valence electrons. The molecular formula is C47H64ClN5O13S2. The lowest BCUT2D eigenvalue weighted by Gasteiger charge is -2.42. The van der Waals surface area contributed by atoms with Crippen molar-refractivity contribution in [3.05, 3.63) is 46.5 Å². The van der Waals surface area contributed by atoms with Crippen molar-refractivity contribution in [3.8, 4) is 5.75 Å². The number of fused-ring (bicyclic) bond motifs is 5. The zero-order valence-electron chi connectivity index (χ0n) is 39.8. The van der Waals surface area contributed by atoms with Gasteiger partial charge in [0, 0.05) is 64.6 Å². The lowest BCUT2D eigenvalue weighted by Crippen LogP contribution is -2.63. The fourth-order valence-corrected chi connectivity index (χ4v) is 11.2. The van der Waals surface area contributed by atoms with Crippen LogP contribution in [0.3, 0.4) is 0 Å². The van der Waals surface area contributed by atoms with Crippen LogP contribution < -0.4 is 19.7 Å². The number of alkyl carbamates (subject to hydrolysis) is 1. The number of halogens is 1. The van der Waals surface area contributed by atoms with Gasteiger partial charge in [-0.05, 0) is 76.5 Å². The number of hydrogen-bond acceptors (Lipinski definition) is 15. The van der Waals surface area contributed by atoms with Gasteiger partial charge in [-0.25, -0.2) is 9.59 Å². The van der Waals surface area contributed by atoms with E-state index in [1.807, 2.05) is 13.0 Å². The quantitative estimate of drug-likeness (QED) is 0.0979. The molecule has 1 saturated carbocycles. The first-order valence-corrected chi connectivity index (χ1v) is 24.8. The highest BCUT2D eigenvalue weighted by Gasteiger charge is 2.64. The van der Waals surface area contributed by atoms with Crippen LogP contribution in [0.5, 0.6) is 5.75 Å². The SMILES string of the molecule is COc1cc2cc(c1Cl)N(C)C(=O)C[C@H](OC(=O)[C@H](C)N(C)C(=O)CCSC1CC(=O)N(C[C@H]3CC[C@H](C(=O)NS)CC3)C1=O)[C@]1(C)O[C@H]1[C@H](C)[C@@H]1C[C@@](O)(NC(=O)O1)[C@H](OC)/C=C/C=C(\C)C2. The predicted molar refractivity (Wildman–Crippen MR) is 256 cm³/mol. The molecule has 9 atom stereocenters. The summed E-state index contributed by atoms with van der Waals surface area (Å²) in [5.41, 5.74) is -1.15. The van der Waals surface area contributed by atoms with Crippen LogP contribution >= 0.6 is 36.2 Å². The van der Waals surface area contributed by atoms with Crippen molar-refractivity contribution in [1.29, 1.82) is 0 Å². The van der Waals surface area contributed by atoms with Crippen LogP contribution in [-0.4, -0.2) is 144 Å². The molecule has 3 N–H and O–H groups in total. The first-order chi connectivity index (χ1) is 32.1. The Hall–Kier alpha value is -4.34. The summed E-state index contributed by atoms with van der Waals surface area (Å²) >= 11 is 11.9. The number of nitrogens with one attached hydrogen (secondary N) is 2. The van der Waals surface area contributed by atoms with Gasteiger partial charge in [-0.2, -0.15) is 0 Å². The second-order valence-corrected chi connectivity index (χ2v) is 20.7. The van der Waals surface area contributed by atoms with Gasteiger partial charge < -0.3 is 43.3 Å². The third kappa shape index (κ3) is 11.8. The number of amides is 6. The van der Waals surface area contributed by atoms with Crippen molar-refractivity contribution < 1.29 is 62.4 Å². The molecule has 6 rings (SSSR count). The van der Waals surface area contributed by atoms with Crippen LogP contribution in [0.2, 0.25) is 5.02 Å². The summed E-state index contributed by atoms with van der Waals surface area (Å²) < 4.78 is 31.8. The number of hydrogen-bond donors (Lipinski definition) is 4. The number of nitrogens with zero attached hydrogens (tertiary/aromatic N) is 3. The van der Waals surface area contributed by atoms with Crippen LogP contribution in [0, 0.1) is 17.8 Å². The lowest BCUT2D eigenvalue weighted by atomic mass is 9.81. The lowest BCUT2D eigenvalue weighted by molar-refractivity contribution is -0.162. The highest BCUT2D eigenvalue weighted by Crippen LogP contribution is 2.49. The van der Waals surface area contributed by atoms with Crippen molar-refractivity contribution in [1.82, 2.24) is 19.8 Å². The van der Waals surface area contributed by atoms with E-state index in [-0.39, 0.29) is 66.0 Å². The van der Waals surface area contributed by atoms with E-state index in [0.29, 0.717) is 50.1 Å². The van der Waals surface area contributed by atoms with Crippen molar-refractivity contribution in [2.45, 2.75) is 133 Å². The third-order valence-electron chi connectivity index (χ3n) is 14.1. The second kappa shape index (κ2) is 22.2. The highest BCUT2D eigenvalue weighted by atomic mass is 35.5. The molecule has 6 amide bonds. The van der Waals surface area contributed by atoms with E-state index in [2.05, 4.69) is 22.9 Å². The van der Waals surface area contributed by atoms with Gasteiger partial charge in [0.15, 0.2) is 5.72 Å². The van der Waals surface area contributed by atoms with Crippen LogP contribution in [0.4, 0.5) is 10.5 Å². The van der Waals surface area contributed by atoms with Gasteiger partial charge in [-0.15, -0.1) is 11.8 Å². The molecule has 18 nitrogen and oxygen atoms in total. The third-order valence-corrected chi connectivity index (χ3v) is 15.9. The molecule has 1 aromatic carbocycles. The molecule has 1 unspecified atom stereocenters. The first kappa shape index (κ1) is 53.0. The van der Waals surface area contributed by atoms with Crippen molar-refractivity contribution in [2.24, 2.45) is 17.8 Å². The number of anilines is 1. The average molecular weight is 1010 g/mol. The number of ether oxygens (including phenoxy) is 5. The summed E-state index contributed by atoms with van der Waals surface area (Å²) in [6.45, 7) is 7.16. The van der Waals surface area contributed by atoms with E-state index in [1.165, 1.54) is 54.7 Å². The van der Waals surface area contributed by atoms with Gasteiger partial charge in [0.05, 0.1) is 30.6 Å². The molecule has 68 heavy (non-hydrogen) atoms. The minimum Gasteiger partial charge on any atom is -0.495 e. The van der Waals surface area contributed by atoms with Crippen LogP contribution in [0.15, 0.2) is 35.9 Å². The molecule has 4 bridgehead atoms. The van der Waals surface area contributed by atoms with Crippen LogP contribution in [-0.2, 0) is 54.1 Å². The fraction of sp³-hybridized carbons (Fsp3) is 0.638. The number of benzene rings is 1. The molecular weight excluding hydrogens is 942 g/mol. The molecule has 3 saturated heterocycles. The Morgan fingerprint density at radius 2 is 1.82 bits per heavy atom. The smallest absolute Gasteiger partial charge is 0.409 e. The number of allylic oxidation sites excluding steroid dienone is 3. The highest BCUT2D eigenvalue weighted by molar-refractivity contribution is 8.00. The largest absolute Gasteiger partial charge is 0.495 e. The normalized spacial score (nSPS) is 32.7. The van der Waals surface area contributed by atoms with Gasteiger partial charge in [0.25, 0.3) is 0 Å². The summed E-state index contributed by atoms with van der Waals surface area (Å²) in [6.07, 6.45) is 3.19. The molecule has 21 heteroatoms. The van der Waals surface area contributed by atoms with E-state index >= 15 is 0 Å². The van der Waals surface area contributed by atoms with Gasteiger partial charge in [0.2, 0.25) is 29.5 Å². The number of likely N-dealkylation sites (tertiary alicyclic amines) is 1. The molecule has 0 aromatic heterocycles. The fourth-order valence-electron chi connectivity index (χ4n) is 9.61. The Morgan fingerprint density at radius 1 is 1.12 bits per heavy atom. The average Bonchev–Trinajstić information content (AvgIpc) is 3.94. The van der Waals surface area contributed by atoms with E-state index in [4.69, 9.17) is 35.3 Å². The van der Waals surface area contributed by atoms with Crippen LogP contribution in [0.1, 0.15) is 84.6 Å². The Balaban J connectivity index is 1.15. The summed E-state index contributed by atoms with van der Waals surface area (Å²) in [7, 11) is 5.89. The Kier molecular flexibility index (Phi) is 17.3. The summed E-state index contributed by atoms with van der Waals surface area (Å²) in [5, 5.41) is 13.9. The maximum absolute atomic E-state index is 14.3. The van der Waals surface area contributed by atoms with E-state index in [9.17, 15) is 38.7 Å². The summed E-state index contributed by atoms with van der Waals surface area (Å²) in [4.78, 5) is 97.0. The van der Waals surface area contributed by atoms with Gasteiger partial charge >= 0.3 is 12.1 Å². The number of carbonyl (C=O) groups excluding carboxylic acids is 7. The Labute approximate surface area is 412 Å². The number of epoxide rings is 1. The van der Waals surface area contributed by atoms with Gasteiger partial charge in [-0.1, -0.05) is 55.1 Å². The molecule has 0 radical (unpaired) electrons. The number of rotatable bonds is 12. The summed E-state index contributed by atoms with van der Waals surface area (Å²) in [5.74, 6) is -2.45. The van der Waals surface area contributed by atoms with E-state index in [0.717, 1.165) is 11.1 Å². The standard InChI is InChI=1S/C47H64ClN5O13S2/c1-25-10-9-11-35(63-8)47(61)23-33(64-45(60)49-47)26(2)41-46(4,66-41)36(22-38(55)52(6)31-19-29(18-25)20-32(62-7)40(31)48)65-44(59)27(3)51(5)37(54)16-17-68-34-21-39(56)53(43(34)58)24-28-12-14-30(15-13-28)42(57)50-67/h9-11,19-20,26-28,30,33-36,41,61,67H,12-18,21-24H2,1-8H3,(H,49,60)(H,50,57)/b11-9+,25-10+/t26-,27+,28-,30-,33+,34?,35-,36+,41+,46+,47+/m1/s1. The molecule has 0 spiro atoms. The number of imide groups is 1. The number of thiol groups is 1. The number of aliphatic hydroxyl groups is 1. The Morgan fingerprint density at radius 3 is 2.49 bits per heavy atom. The van der Waals surface area contributed by atoms with Crippen molar-refractivity contribution in [2.75, 3.05) is 45.5 Å². The minimum atomic E-state index is -1.87. The maximum Gasteiger partial charge on any atom is 0.409 e. The topological polar surface area (TPSA) is 223 Å². The van der Waals surface area contributed by atoms with Crippen molar-refractivity contribution >= 4 is 83.5 Å². The first-order valence-electron chi connectivity index (χ1n) is 22.9. The number of carbonyl (C=O) groups is 7. The predicted octanol–water partition coefficient (Wildman–Crippen LogP) is 4.53. The van der Waals surface area contributed by atoms with Gasteiger partial charge in [0.1, 0.15) is 40.7 Å². The minimum absolute atomic E-state index is 0.0254. The zero-order chi connectivity index (χ0) is 49.8. The molecule has 4 aliphatic heterocycles. The second-order valence-electron chi connectivity index (χ2n) is 18.8. The number of thioether (sulfide) groups is 1. The number of esters is 1. The Bertz CT molecular complexity index is 2190. The van der Waals surface area contributed by atoms with Crippen LogP contribution in [0.25, 0.3) is 0 Å². The van der Waals surface area contributed by atoms with Gasteiger partial charge in [-0.3, -0.25) is 34.2 Å². The number of methoxy groups -OCH3 is 2. The zero-order valence-corrected chi connectivity index (χ0v) is 42.2. The molecule has 4 fully saturated rings. The molecule has 4 heterocycles. The summed E-state index contributed by atoms with van der Waals surface area (Å²) in [6, 6.07) is 2.42. The maximum atomic E-state index is 14.3. The van der Waals surface area contributed by atoms with E-state index in [1.54, 1.807) is 45.2 Å². The molecule has 1 aliphatic carbocycles. The van der Waals surface area contributed by atoms with E-state index < -0.39 is 76.8 Å².